The van der Waals surface area contributed by atoms with Gasteiger partial charge < -0.3 is 15.3 Å². The number of amides is 1. The van der Waals surface area contributed by atoms with Crippen molar-refractivity contribution in [3.8, 4) is 11.3 Å². The molecule has 198 valence electrons. The smallest absolute Gasteiger partial charge is 0.326 e. The van der Waals surface area contributed by atoms with Crippen molar-refractivity contribution in [2.45, 2.75) is 19.0 Å². The van der Waals surface area contributed by atoms with Crippen molar-refractivity contribution >= 4 is 34.0 Å². The molecule has 1 aromatic heterocycles. The lowest BCUT2D eigenvalue weighted by Gasteiger charge is -2.20. The number of nitrogens with zero attached hydrogens (tertiary/aromatic N) is 3. The van der Waals surface area contributed by atoms with Crippen LogP contribution in [-0.4, -0.2) is 39.5 Å². The number of thiazole rings is 1. The number of hydrogen-bond acceptors (Lipinski definition) is 7. The van der Waals surface area contributed by atoms with E-state index in [4.69, 9.17) is 0 Å². The first-order chi connectivity index (χ1) is 18.8. The summed E-state index contributed by atoms with van der Waals surface area (Å²) in [6, 6.07) is 21.4. The van der Waals surface area contributed by atoms with E-state index in [0.29, 0.717) is 29.9 Å². The molecule has 0 aliphatic heterocycles. The predicted octanol–water partition coefficient (Wildman–Crippen LogP) is 5.34. The molecule has 0 saturated heterocycles. The Bertz CT molecular complexity index is 1470. The fourth-order valence-corrected chi connectivity index (χ4v) is 4.81. The van der Waals surface area contributed by atoms with Crippen LogP contribution in [0.15, 0.2) is 96.9 Å². The highest BCUT2D eigenvalue weighted by molar-refractivity contribution is 7.14. The first-order valence-electron chi connectivity index (χ1n) is 12.1. The third-order valence-electron chi connectivity index (χ3n) is 5.94. The molecule has 9 nitrogen and oxygen atoms in total. The Morgan fingerprint density at radius 2 is 1.82 bits per heavy atom. The van der Waals surface area contributed by atoms with Gasteiger partial charge in [0.25, 0.3) is 11.6 Å². The second-order valence-corrected chi connectivity index (χ2v) is 9.58. The van der Waals surface area contributed by atoms with Gasteiger partial charge in [-0.15, -0.1) is 17.9 Å². The van der Waals surface area contributed by atoms with E-state index in [1.54, 1.807) is 30.3 Å². The van der Waals surface area contributed by atoms with Crippen molar-refractivity contribution in [1.82, 2.24) is 10.3 Å². The molecule has 0 bridgehead atoms. The first-order valence-corrected chi connectivity index (χ1v) is 12.9. The quantitative estimate of drug-likeness (QED) is 0.141. The number of carboxylic acids is 1. The summed E-state index contributed by atoms with van der Waals surface area (Å²) in [4.78, 5) is 41.9. The van der Waals surface area contributed by atoms with Gasteiger partial charge in [0.15, 0.2) is 5.13 Å². The van der Waals surface area contributed by atoms with Gasteiger partial charge in [0, 0.05) is 48.2 Å². The topological polar surface area (TPSA) is 126 Å². The van der Waals surface area contributed by atoms with Gasteiger partial charge >= 0.3 is 5.97 Å². The average Bonchev–Trinajstić information content (AvgIpc) is 3.44. The fraction of sp³-hybridized carbons (Fsp3) is 0.138. The number of nitrogens with one attached hydrogen (secondary N) is 1. The van der Waals surface area contributed by atoms with Gasteiger partial charge in [0.05, 0.1) is 10.6 Å². The van der Waals surface area contributed by atoms with E-state index in [1.165, 1.54) is 23.5 Å². The van der Waals surface area contributed by atoms with E-state index in [1.807, 2.05) is 52.7 Å². The molecule has 3 aromatic carbocycles. The standard InChI is InChI=1S/C29H26N4O5S/c1-2-15-32(29-31-26(19-39-29)23-9-6-10-24(17-23)33(37)38)18-21-11-13-22(14-12-21)27(34)30-25(28(35)36)16-20-7-4-3-5-8-20/h2-14,17,19,25H,1,15-16,18H2,(H,30,34)(H,35,36). The third kappa shape index (κ3) is 7.14. The van der Waals surface area contributed by atoms with Crippen LogP contribution in [0.4, 0.5) is 10.8 Å². The highest BCUT2D eigenvalue weighted by atomic mass is 32.1. The Kier molecular flexibility index (Phi) is 8.80. The Labute approximate surface area is 229 Å². The molecule has 10 heteroatoms. The average molecular weight is 543 g/mol. The molecule has 1 unspecified atom stereocenters. The SMILES string of the molecule is C=CCN(Cc1ccc(C(=O)NC(Cc2ccccc2)C(=O)O)cc1)c1nc(-c2cccc([N+](=O)[O-])c2)cs1. The maximum absolute atomic E-state index is 12.8. The lowest BCUT2D eigenvalue weighted by Crippen LogP contribution is -2.42. The highest BCUT2D eigenvalue weighted by Crippen LogP contribution is 2.30. The van der Waals surface area contributed by atoms with Crippen molar-refractivity contribution < 1.29 is 19.6 Å². The number of anilines is 1. The minimum Gasteiger partial charge on any atom is -0.480 e. The maximum atomic E-state index is 12.8. The van der Waals surface area contributed by atoms with Crippen molar-refractivity contribution in [2.75, 3.05) is 11.4 Å². The lowest BCUT2D eigenvalue weighted by atomic mass is 10.1. The minimum absolute atomic E-state index is 0.00358. The van der Waals surface area contributed by atoms with Crippen LogP contribution < -0.4 is 10.2 Å². The van der Waals surface area contributed by atoms with Crippen LogP contribution in [0, 0.1) is 10.1 Å². The molecule has 0 spiro atoms. The van der Waals surface area contributed by atoms with Crippen molar-refractivity contribution in [1.29, 1.82) is 0 Å². The Morgan fingerprint density at radius 3 is 2.49 bits per heavy atom. The van der Waals surface area contributed by atoms with Crippen LogP contribution in [0.25, 0.3) is 11.3 Å². The largest absolute Gasteiger partial charge is 0.480 e. The predicted molar refractivity (Wildman–Crippen MR) is 151 cm³/mol. The van der Waals surface area contributed by atoms with E-state index < -0.39 is 22.8 Å². The molecule has 0 aliphatic carbocycles. The number of nitro benzene ring substituents is 1. The Balaban J connectivity index is 1.44. The summed E-state index contributed by atoms with van der Waals surface area (Å²) in [5, 5.41) is 25.9. The molecule has 2 N–H and O–H groups in total. The number of hydrogen-bond donors (Lipinski definition) is 2. The van der Waals surface area contributed by atoms with Gasteiger partial charge in [0.1, 0.15) is 6.04 Å². The molecule has 0 aliphatic rings. The van der Waals surface area contributed by atoms with Crippen LogP contribution in [0.5, 0.6) is 0 Å². The van der Waals surface area contributed by atoms with Gasteiger partial charge in [0.2, 0.25) is 0 Å². The van der Waals surface area contributed by atoms with Gasteiger partial charge in [-0.1, -0.05) is 60.7 Å². The number of aliphatic carboxylic acids is 1. The molecule has 0 fully saturated rings. The number of benzene rings is 3. The van der Waals surface area contributed by atoms with Gasteiger partial charge in [-0.25, -0.2) is 9.78 Å². The number of carbonyl (C=O) groups excluding carboxylic acids is 1. The molecular formula is C29H26N4O5S. The van der Waals surface area contributed by atoms with Gasteiger partial charge in [-0.05, 0) is 23.3 Å². The lowest BCUT2D eigenvalue weighted by molar-refractivity contribution is -0.384. The van der Waals surface area contributed by atoms with Crippen LogP contribution in [0.3, 0.4) is 0 Å². The summed E-state index contributed by atoms with van der Waals surface area (Å²) in [6.07, 6.45) is 1.94. The van der Waals surface area contributed by atoms with E-state index in [9.17, 15) is 24.8 Å². The number of non-ortho nitro benzene ring substituents is 1. The molecule has 1 amide bonds. The minimum atomic E-state index is -1.10. The zero-order valence-corrected chi connectivity index (χ0v) is 21.7. The van der Waals surface area contributed by atoms with Gasteiger partial charge in [-0.2, -0.15) is 0 Å². The summed E-state index contributed by atoms with van der Waals surface area (Å²) in [7, 11) is 0. The number of carboxylic acid groups (broad SMARTS) is 1. The molecule has 0 radical (unpaired) electrons. The Morgan fingerprint density at radius 1 is 1.08 bits per heavy atom. The zero-order chi connectivity index (χ0) is 27.8. The number of aromatic nitrogens is 1. The molecule has 1 heterocycles. The third-order valence-corrected chi connectivity index (χ3v) is 6.84. The fourth-order valence-electron chi connectivity index (χ4n) is 3.96. The summed E-state index contributed by atoms with van der Waals surface area (Å²) < 4.78 is 0. The normalized spacial score (nSPS) is 11.4. The monoisotopic (exact) mass is 542 g/mol. The second kappa shape index (κ2) is 12.6. The number of rotatable bonds is 12. The summed E-state index contributed by atoms with van der Waals surface area (Å²) in [6.45, 7) is 4.84. The number of carbonyl (C=O) groups is 2. The molecule has 4 aromatic rings. The summed E-state index contributed by atoms with van der Waals surface area (Å²) in [5.74, 6) is -1.56. The Hall–Kier alpha value is -4.83. The van der Waals surface area contributed by atoms with E-state index >= 15 is 0 Å². The molecule has 1 atom stereocenters. The van der Waals surface area contributed by atoms with E-state index in [0.717, 1.165) is 16.3 Å². The van der Waals surface area contributed by atoms with Crippen molar-refractivity contribution in [3.63, 3.8) is 0 Å². The molecule has 4 rings (SSSR count). The second-order valence-electron chi connectivity index (χ2n) is 8.74. The molecule has 39 heavy (non-hydrogen) atoms. The van der Waals surface area contributed by atoms with Gasteiger partial charge in [-0.3, -0.25) is 14.9 Å². The first kappa shape index (κ1) is 27.2. The van der Waals surface area contributed by atoms with Crippen LogP contribution in [0.2, 0.25) is 0 Å². The highest BCUT2D eigenvalue weighted by Gasteiger charge is 2.21. The molecular weight excluding hydrogens is 516 g/mol. The van der Waals surface area contributed by atoms with Crippen molar-refractivity contribution in [2.24, 2.45) is 0 Å². The van der Waals surface area contributed by atoms with Crippen molar-refractivity contribution in [3.05, 3.63) is 124 Å². The number of nitro groups is 1. The molecule has 0 saturated carbocycles. The van der Waals surface area contributed by atoms with Crippen LogP contribution in [0.1, 0.15) is 21.5 Å². The van der Waals surface area contributed by atoms with E-state index in [-0.39, 0.29) is 12.1 Å². The summed E-state index contributed by atoms with van der Waals surface area (Å²) >= 11 is 1.42. The van der Waals surface area contributed by atoms with E-state index in [2.05, 4.69) is 16.9 Å². The van der Waals surface area contributed by atoms with Crippen LogP contribution >= 0.6 is 11.3 Å². The van der Waals surface area contributed by atoms with Crippen LogP contribution in [-0.2, 0) is 17.8 Å². The zero-order valence-electron chi connectivity index (χ0n) is 20.9. The summed E-state index contributed by atoms with van der Waals surface area (Å²) in [5.41, 5.74) is 3.40. The maximum Gasteiger partial charge on any atom is 0.326 e.